The normalized spacial score (nSPS) is 14.0. The molecule has 0 aromatic rings. The van der Waals surface area contributed by atoms with Crippen LogP contribution in [0.5, 0.6) is 0 Å². The molecule has 0 aromatic heterocycles. The number of aliphatic imine (C=N–C) groups is 1. The lowest BCUT2D eigenvalue weighted by atomic mass is 10.1. The summed E-state index contributed by atoms with van der Waals surface area (Å²) < 4.78 is 5.37. The van der Waals surface area contributed by atoms with E-state index in [1.807, 2.05) is 20.8 Å². The molecule has 2 atom stereocenters. The van der Waals surface area contributed by atoms with Gasteiger partial charge in [-0.15, -0.1) is 24.0 Å². The van der Waals surface area contributed by atoms with Crippen molar-refractivity contribution in [1.29, 1.82) is 0 Å². The number of alkyl carbamates (subject to hydrolysis) is 1. The minimum absolute atomic E-state index is 0. The van der Waals surface area contributed by atoms with Gasteiger partial charge in [-0.3, -0.25) is 4.99 Å². The van der Waals surface area contributed by atoms with Crippen molar-refractivity contribution in [2.24, 2.45) is 4.99 Å². The Kier molecular flexibility index (Phi) is 17.8. The van der Waals surface area contributed by atoms with Crippen molar-refractivity contribution in [2.75, 3.05) is 33.2 Å². The van der Waals surface area contributed by atoms with Crippen LogP contribution in [-0.4, -0.2) is 67.9 Å². The SMILES string of the molecule is CCCC(CNC(=NC)NC(C)CCCN(CC)CC)NC(=O)OC(C)(C)C.I. The molecular weight excluding hydrogens is 481 g/mol. The molecule has 2 unspecified atom stereocenters. The quantitative estimate of drug-likeness (QED) is 0.203. The Morgan fingerprint density at radius 1 is 1.10 bits per heavy atom. The number of hydrogen-bond donors (Lipinski definition) is 3. The third kappa shape index (κ3) is 16.7. The van der Waals surface area contributed by atoms with E-state index in [1.165, 1.54) is 0 Å². The molecule has 0 fully saturated rings. The van der Waals surface area contributed by atoms with Crippen molar-refractivity contribution in [1.82, 2.24) is 20.9 Å². The lowest BCUT2D eigenvalue weighted by Gasteiger charge is -2.25. The Morgan fingerprint density at radius 2 is 1.72 bits per heavy atom. The van der Waals surface area contributed by atoms with E-state index < -0.39 is 5.60 Å². The highest BCUT2D eigenvalue weighted by Gasteiger charge is 2.19. The number of nitrogens with zero attached hydrogens (tertiary/aromatic N) is 2. The van der Waals surface area contributed by atoms with Gasteiger partial charge in [0.05, 0.1) is 0 Å². The molecule has 0 rings (SSSR count). The Morgan fingerprint density at radius 3 is 2.21 bits per heavy atom. The fourth-order valence-electron chi connectivity index (χ4n) is 2.93. The Bertz CT molecular complexity index is 451. The zero-order valence-electron chi connectivity index (χ0n) is 19.9. The number of guanidine groups is 1. The highest BCUT2D eigenvalue weighted by Crippen LogP contribution is 2.07. The van der Waals surface area contributed by atoms with Crippen LogP contribution in [0.3, 0.4) is 0 Å². The number of rotatable bonds is 12. The molecule has 0 saturated heterocycles. The summed E-state index contributed by atoms with van der Waals surface area (Å²) >= 11 is 0. The summed E-state index contributed by atoms with van der Waals surface area (Å²) in [5, 5.41) is 9.73. The highest BCUT2D eigenvalue weighted by molar-refractivity contribution is 14.0. The maximum atomic E-state index is 12.0. The van der Waals surface area contributed by atoms with E-state index in [9.17, 15) is 4.79 Å². The number of carbonyl (C=O) groups excluding carboxylic acids is 1. The average molecular weight is 528 g/mol. The summed E-state index contributed by atoms with van der Waals surface area (Å²) in [5.41, 5.74) is -0.494. The van der Waals surface area contributed by atoms with E-state index in [0.717, 1.165) is 51.3 Å². The largest absolute Gasteiger partial charge is 0.444 e. The molecule has 0 aliphatic carbocycles. The van der Waals surface area contributed by atoms with Gasteiger partial charge in [0.15, 0.2) is 5.96 Å². The van der Waals surface area contributed by atoms with Crippen LogP contribution in [0.15, 0.2) is 4.99 Å². The second kappa shape index (κ2) is 17.0. The molecule has 0 bridgehead atoms. The molecular formula is C21H46IN5O2. The van der Waals surface area contributed by atoms with Gasteiger partial charge in [0.2, 0.25) is 0 Å². The Labute approximate surface area is 196 Å². The molecule has 0 aromatic carbocycles. The zero-order valence-corrected chi connectivity index (χ0v) is 22.3. The molecule has 0 radical (unpaired) electrons. The lowest BCUT2D eigenvalue weighted by molar-refractivity contribution is 0.0502. The van der Waals surface area contributed by atoms with Crippen LogP contribution < -0.4 is 16.0 Å². The van der Waals surface area contributed by atoms with Crippen LogP contribution >= 0.6 is 24.0 Å². The monoisotopic (exact) mass is 527 g/mol. The van der Waals surface area contributed by atoms with Gasteiger partial charge in [-0.2, -0.15) is 0 Å². The van der Waals surface area contributed by atoms with Crippen molar-refractivity contribution in [3.63, 3.8) is 0 Å². The van der Waals surface area contributed by atoms with E-state index in [2.05, 4.69) is 53.5 Å². The maximum absolute atomic E-state index is 12.0. The summed E-state index contributed by atoms with van der Waals surface area (Å²) in [4.78, 5) is 18.8. The Hall–Kier alpha value is -0.770. The van der Waals surface area contributed by atoms with Gasteiger partial charge < -0.3 is 25.6 Å². The summed E-state index contributed by atoms with van der Waals surface area (Å²) in [6, 6.07) is 0.335. The first kappa shape index (κ1) is 30.4. The van der Waals surface area contributed by atoms with Crippen molar-refractivity contribution in [3.8, 4) is 0 Å². The first-order valence-corrected chi connectivity index (χ1v) is 10.8. The fourth-order valence-corrected chi connectivity index (χ4v) is 2.93. The highest BCUT2D eigenvalue weighted by atomic mass is 127. The summed E-state index contributed by atoms with van der Waals surface area (Å²) in [7, 11) is 1.77. The van der Waals surface area contributed by atoms with Crippen LogP contribution in [0.1, 0.15) is 74.1 Å². The number of halogens is 1. The van der Waals surface area contributed by atoms with Crippen molar-refractivity contribution >= 4 is 36.0 Å². The van der Waals surface area contributed by atoms with Gasteiger partial charge in [0, 0.05) is 25.7 Å². The molecule has 8 heteroatoms. The van der Waals surface area contributed by atoms with Crippen LogP contribution in [0, 0.1) is 0 Å². The van der Waals surface area contributed by atoms with E-state index in [4.69, 9.17) is 4.74 Å². The third-order valence-electron chi connectivity index (χ3n) is 4.49. The number of carbonyl (C=O) groups is 1. The fraction of sp³-hybridized carbons (Fsp3) is 0.905. The Balaban J connectivity index is 0. The number of hydrogen-bond acceptors (Lipinski definition) is 4. The van der Waals surface area contributed by atoms with Crippen LogP contribution in [0.2, 0.25) is 0 Å². The van der Waals surface area contributed by atoms with Crippen LogP contribution in [0.4, 0.5) is 4.79 Å². The summed E-state index contributed by atoms with van der Waals surface area (Å²) in [6.45, 7) is 18.2. The maximum Gasteiger partial charge on any atom is 0.407 e. The topological polar surface area (TPSA) is 78.0 Å². The molecule has 0 saturated carbocycles. The van der Waals surface area contributed by atoms with E-state index in [-0.39, 0.29) is 36.1 Å². The number of ether oxygens (including phenoxy) is 1. The van der Waals surface area contributed by atoms with Gasteiger partial charge in [-0.1, -0.05) is 27.2 Å². The summed E-state index contributed by atoms with van der Waals surface area (Å²) in [6.07, 6.45) is 3.73. The molecule has 0 heterocycles. The van der Waals surface area contributed by atoms with E-state index >= 15 is 0 Å². The molecule has 1 amide bonds. The predicted molar refractivity (Wildman–Crippen MR) is 134 cm³/mol. The first-order chi connectivity index (χ1) is 13.1. The number of amides is 1. The van der Waals surface area contributed by atoms with Gasteiger partial charge in [-0.05, 0) is 66.6 Å². The molecule has 0 aliphatic heterocycles. The van der Waals surface area contributed by atoms with Gasteiger partial charge in [0.1, 0.15) is 5.60 Å². The van der Waals surface area contributed by atoms with Crippen LogP contribution in [-0.2, 0) is 4.74 Å². The van der Waals surface area contributed by atoms with Crippen molar-refractivity contribution < 1.29 is 9.53 Å². The minimum Gasteiger partial charge on any atom is -0.444 e. The molecule has 3 N–H and O–H groups in total. The van der Waals surface area contributed by atoms with Crippen LogP contribution in [0.25, 0.3) is 0 Å². The van der Waals surface area contributed by atoms with Gasteiger partial charge in [-0.25, -0.2) is 4.79 Å². The van der Waals surface area contributed by atoms with Crippen molar-refractivity contribution in [2.45, 2.75) is 91.8 Å². The molecule has 0 aliphatic rings. The lowest BCUT2D eigenvalue weighted by Crippen LogP contribution is -2.49. The average Bonchev–Trinajstić information content (AvgIpc) is 2.60. The van der Waals surface area contributed by atoms with E-state index in [0.29, 0.717) is 12.6 Å². The molecule has 29 heavy (non-hydrogen) atoms. The second-order valence-electron chi connectivity index (χ2n) is 8.30. The van der Waals surface area contributed by atoms with Gasteiger partial charge in [0.25, 0.3) is 0 Å². The summed E-state index contributed by atoms with van der Waals surface area (Å²) in [5.74, 6) is 0.766. The minimum atomic E-state index is -0.494. The number of nitrogens with one attached hydrogen (secondary N) is 3. The standard InChI is InChI=1S/C21H45N5O2.HI/c1-9-13-18(25-20(27)28-21(5,6)7)16-23-19(22-8)24-17(4)14-12-15-26(10-2)11-3;/h17-18H,9-16H2,1-8H3,(H,25,27)(H2,22,23,24);1H. The second-order valence-corrected chi connectivity index (χ2v) is 8.30. The van der Waals surface area contributed by atoms with Gasteiger partial charge >= 0.3 is 6.09 Å². The third-order valence-corrected chi connectivity index (χ3v) is 4.49. The van der Waals surface area contributed by atoms with Crippen molar-refractivity contribution in [3.05, 3.63) is 0 Å². The van der Waals surface area contributed by atoms with E-state index in [1.54, 1.807) is 7.05 Å². The zero-order chi connectivity index (χ0) is 21.6. The molecule has 7 nitrogen and oxygen atoms in total. The first-order valence-electron chi connectivity index (χ1n) is 10.8. The smallest absolute Gasteiger partial charge is 0.407 e. The molecule has 174 valence electrons. The predicted octanol–water partition coefficient (Wildman–Crippen LogP) is 3.97. The molecule has 0 spiro atoms.